The lowest BCUT2D eigenvalue weighted by atomic mass is 10.0. The van der Waals surface area contributed by atoms with Crippen LogP contribution in [-0.4, -0.2) is 25.9 Å². The van der Waals surface area contributed by atoms with Crippen molar-refractivity contribution in [3.05, 3.63) is 40.4 Å². The van der Waals surface area contributed by atoms with E-state index in [4.69, 9.17) is 5.26 Å². The largest absolute Gasteiger partial charge is 0.389 e. The maximum Gasteiger partial charge on any atom is 0.260 e. The fourth-order valence-corrected chi connectivity index (χ4v) is 1.84. The van der Waals surface area contributed by atoms with E-state index in [1.165, 1.54) is 17.0 Å². The number of aliphatic hydroxyl groups excluding tert-OH is 2. The van der Waals surface area contributed by atoms with Crippen LogP contribution in [0.1, 0.15) is 18.1 Å². The molecule has 0 saturated carbocycles. The molecular weight excluding hydrogens is 246 g/mol. The number of nitrogens with zero attached hydrogens (tertiary/aromatic N) is 3. The maximum atomic E-state index is 11.9. The van der Waals surface area contributed by atoms with Gasteiger partial charge in [-0.3, -0.25) is 4.79 Å². The van der Waals surface area contributed by atoms with Crippen molar-refractivity contribution in [3.63, 3.8) is 0 Å². The summed E-state index contributed by atoms with van der Waals surface area (Å²) in [5.74, 6) is 0. The summed E-state index contributed by atoms with van der Waals surface area (Å²) in [6, 6.07) is 6.47. The van der Waals surface area contributed by atoms with Gasteiger partial charge < -0.3 is 14.8 Å². The second kappa shape index (κ2) is 5.18. The Labute approximate surface area is 109 Å². The molecule has 1 aromatic heterocycles. The van der Waals surface area contributed by atoms with E-state index in [0.717, 1.165) is 0 Å². The van der Waals surface area contributed by atoms with E-state index in [-0.39, 0.29) is 12.0 Å². The minimum atomic E-state index is -1.20. The lowest BCUT2D eigenvalue weighted by Gasteiger charge is -2.15. The van der Waals surface area contributed by atoms with Crippen LogP contribution >= 0.6 is 0 Å². The summed E-state index contributed by atoms with van der Waals surface area (Å²) in [5.41, 5.74) is 0.683. The molecule has 1 heterocycles. The molecule has 2 atom stereocenters. The highest BCUT2D eigenvalue weighted by atomic mass is 16.3. The summed E-state index contributed by atoms with van der Waals surface area (Å²) < 4.78 is 1.34. The number of hydrogen-bond donors (Lipinski definition) is 2. The highest BCUT2D eigenvalue weighted by Crippen LogP contribution is 2.21. The van der Waals surface area contributed by atoms with Crippen LogP contribution in [0, 0.1) is 11.3 Å². The molecule has 19 heavy (non-hydrogen) atoms. The van der Waals surface area contributed by atoms with Gasteiger partial charge in [-0.25, -0.2) is 4.98 Å². The topological polar surface area (TPSA) is 99.1 Å². The van der Waals surface area contributed by atoms with Crippen molar-refractivity contribution in [3.8, 4) is 6.07 Å². The normalized spacial score (nSPS) is 14.0. The number of benzene rings is 1. The highest BCUT2D eigenvalue weighted by Gasteiger charge is 2.18. The molecule has 0 fully saturated rings. The molecular formula is C13H13N3O3. The van der Waals surface area contributed by atoms with Crippen LogP contribution in [0.5, 0.6) is 0 Å². The minimum Gasteiger partial charge on any atom is -0.389 e. The summed E-state index contributed by atoms with van der Waals surface area (Å²) in [6.45, 7) is 0. The third-order valence-corrected chi connectivity index (χ3v) is 2.95. The molecule has 6 heteroatoms. The number of aryl methyl sites for hydroxylation is 1. The van der Waals surface area contributed by atoms with Gasteiger partial charge in [0.2, 0.25) is 0 Å². The second-order valence-corrected chi connectivity index (χ2v) is 4.31. The standard InChI is InChI=1S/C13H13N3O3/c1-16-7-15-10-3-2-8(6-9(10)13(16)19)12(18)11(17)4-5-14/h2-3,6-7,11-12,17-18H,4H2,1H3. The molecule has 0 amide bonds. The van der Waals surface area contributed by atoms with Gasteiger partial charge in [-0.1, -0.05) is 6.07 Å². The van der Waals surface area contributed by atoms with Gasteiger partial charge in [0, 0.05) is 7.05 Å². The molecule has 6 nitrogen and oxygen atoms in total. The van der Waals surface area contributed by atoms with Crippen LogP contribution in [0.15, 0.2) is 29.3 Å². The van der Waals surface area contributed by atoms with Crippen molar-refractivity contribution in [1.82, 2.24) is 9.55 Å². The van der Waals surface area contributed by atoms with Crippen molar-refractivity contribution < 1.29 is 10.2 Å². The van der Waals surface area contributed by atoms with Crippen LogP contribution in [0.25, 0.3) is 10.9 Å². The van der Waals surface area contributed by atoms with E-state index in [2.05, 4.69) is 4.98 Å². The van der Waals surface area contributed by atoms with Crippen LogP contribution in [0.4, 0.5) is 0 Å². The van der Waals surface area contributed by atoms with Gasteiger partial charge in [-0.05, 0) is 17.7 Å². The van der Waals surface area contributed by atoms with E-state index >= 15 is 0 Å². The van der Waals surface area contributed by atoms with Crippen LogP contribution < -0.4 is 5.56 Å². The average molecular weight is 259 g/mol. The number of nitriles is 1. The molecule has 2 aromatic rings. The van der Waals surface area contributed by atoms with Crippen LogP contribution in [0.3, 0.4) is 0 Å². The van der Waals surface area contributed by atoms with Crippen molar-refractivity contribution in [2.75, 3.05) is 0 Å². The van der Waals surface area contributed by atoms with E-state index in [1.807, 2.05) is 0 Å². The van der Waals surface area contributed by atoms with Crippen molar-refractivity contribution >= 4 is 10.9 Å². The first kappa shape index (κ1) is 13.2. The third-order valence-electron chi connectivity index (χ3n) is 2.95. The Morgan fingerprint density at radius 1 is 1.47 bits per heavy atom. The fraction of sp³-hybridized carbons (Fsp3) is 0.308. The zero-order chi connectivity index (χ0) is 14.0. The predicted octanol–water partition coefficient (Wildman–Crippen LogP) is 0.241. The molecule has 0 aliphatic carbocycles. The zero-order valence-electron chi connectivity index (χ0n) is 10.3. The highest BCUT2D eigenvalue weighted by molar-refractivity contribution is 5.78. The molecule has 0 aliphatic heterocycles. The summed E-state index contributed by atoms with van der Waals surface area (Å²) in [5, 5.41) is 28.4. The lowest BCUT2D eigenvalue weighted by molar-refractivity contribution is 0.0217. The Morgan fingerprint density at radius 3 is 2.89 bits per heavy atom. The molecule has 2 N–H and O–H groups in total. The maximum absolute atomic E-state index is 11.9. The Balaban J connectivity index is 2.50. The first-order valence-corrected chi connectivity index (χ1v) is 5.73. The van der Waals surface area contributed by atoms with Gasteiger partial charge in [-0.15, -0.1) is 0 Å². The Kier molecular flexibility index (Phi) is 3.60. The van der Waals surface area contributed by atoms with Crippen molar-refractivity contribution in [2.24, 2.45) is 7.05 Å². The monoisotopic (exact) mass is 259 g/mol. The van der Waals surface area contributed by atoms with Gasteiger partial charge in [0.05, 0.1) is 35.8 Å². The zero-order valence-corrected chi connectivity index (χ0v) is 10.3. The number of hydrogen-bond acceptors (Lipinski definition) is 5. The average Bonchev–Trinajstić information content (AvgIpc) is 2.42. The molecule has 2 unspecified atom stereocenters. The second-order valence-electron chi connectivity index (χ2n) is 4.31. The van der Waals surface area contributed by atoms with E-state index in [1.54, 1.807) is 25.2 Å². The van der Waals surface area contributed by atoms with Gasteiger partial charge in [-0.2, -0.15) is 5.26 Å². The van der Waals surface area contributed by atoms with Crippen molar-refractivity contribution in [1.29, 1.82) is 5.26 Å². The molecule has 2 rings (SSSR count). The first-order valence-electron chi connectivity index (χ1n) is 5.73. The van der Waals surface area contributed by atoms with Crippen molar-refractivity contribution in [2.45, 2.75) is 18.6 Å². The lowest BCUT2D eigenvalue weighted by Crippen LogP contribution is -2.19. The molecule has 0 saturated heterocycles. The Bertz CT molecular complexity index is 702. The van der Waals surface area contributed by atoms with Gasteiger partial charge >= 0.3 is 0 Å². The summed E-state index contributed by atoms with van der Waals surface area (Å²) >= 11 is 0. The quantitative estimate of drug-likeness (QED) is 0.822. The number of aromatic nitrogens is 2. The molecule has 0 radical (unpaired) electrons. The molecule has 0 bridgehead atoms. The van der Waals surface area contributed by atoms with Crippen LogP contribution in [-0.2, 0) is 7.05 Å². The number of aliphatic hydroxyl groups is 2. The van der Waals surface area contributed by atoms with E-state index in [9.17, 15) is 15.0 Å². The molecule has 1 aromatic carbocycles. The summed E-state index contributed by atoms with van der Waals surface area (Å²) in [7, 11) is 1.59. The summed E-state index contributed by atoms with van der Waals surface area (Å²) in [6.07, 6.45) is -1.13. The minimum absolute atomic E-state index is 0.176. The summed E-state index contributed by atoms with van der Waals surface area (Å²) in [4.78, 5) is 16.0. The van der Waals surface area contributed by atoms with E-state index in [0.29, 0.717) is 16.5 Å². The smallest absolute Gasteiger partial charge is 0.260 e. The van der Waals surface area contributed by atoms with Gasteiger partial charge in [0.1, 0.15) is 6.10 Å². The Morgan fingerprint density at radius 2 is 2.21 bits per heavy atom. The molecule has 0 aliphatic rings. The number of rotatable bonds is 3. The van der Waals surface area contributed by atoms with Gasteiger partial charge in [0.25, 0.3) is 5.56 Å². The fourth-order valence-electron chi connectivity index (χ4n) is 1.84. The van der Waals surface area contributed by atoms with Crippen LogP contribution in [0.2, 0.25) is 0 Å². The predicted molar refractivity (Wildman–Crippen MR) is 68.2 cm³/mol. The third kappa shape index (κ3) is 2.47. The SMILES string of the molecule is Cn1cnc2ccc(C(O)C(O)CC#N)cc2c1=O. The molecule has 0 spiro atoms. The molecule has 98 valence electrons. The Hall–Kier alpha value is -2.23. The number of fused-ring (bicyclic) bond motifs is 1. The van der Waals surface area contributed by atoms with E-state index < -0.39 is 12.2 Å². The van der Waals surface area contributed by atoms with Gasteiger partial charge in [0.15, 0.2) is 0 Å². The first-order chi connectivity index (χ1) is 9.04.